The molecule has 0 fully saturated rings. The lowest BCUT2D eigenvalue weighted by atomic mass is 9.76. The summed E-state index contributed by atoms with van der Waals surface area (Å²) in [6, 6.07) is 38.9. The van der Waals surface area contributed by atoms with Gasteiger partial charge in [0.25, 0.3) is 0 Å². The third-order valence-electron chi connectivity index (χ3n) is 13.1. The Morgan fingerprint density at radius 3 is 1.32 bits per heavy atom. The number of aromatic nitrogens is 4. The Labute approximate surface area is 349 Å². The Kier molecular flexibility index (Phi) is 8.90. The Hall–Kier alpha value is -6.61. The smallest absolute Gasteiger partial charge is 0.508 e. The lowest BCUT2D eigenvalue weighted by molar-refractivity contribution is 0.332. The first-order valence-corrected chi connectivity index (χ1v) is 21.5. The summed E-state index contributed by atoms with van der Waals surface area (Å²) in [7, 11) is -4.10. The van der Waals surface area contributed by atoms with E-state index in [9.17, 15) is 14.8 Å². The van der Waals surface area contributed by atoms with Gasteiger partial charge in [-0.15, -0.1) is 0 Å². The van der Waals surface area contributed by atoms with Gasteiger partial charge in [0, 0.05) is 45.6 Å². The molecule has 12 bridgehead atoms. The number of H-pyrrole nitrogens is 4. The molecule has 0 saturated heterocycles. The van der Waals surface area contributed by atoms with E-state index in [1.165, 1.54) is 0 Å². The molecule has 6 heterocycles. The van der Waals surface area contributed by atoms with Crippen LogP contribution >= 0.6 is 7.75 Å². The molecule has 3 aromatic carbocycles. The maximum absolute atomic E-state index is 13.6. The van der Waals surface area contributed by atoms with E-state index < -0.39 is 29.4 Å². The zero-order valence-corrected chi connectivity index (χ0v) is 35.0. The normalized spacial score (nSPS) is 27.8. The maximum Gasteiger partial charge on any atom is 0.509 e. The van der Waals surface area contributed by atoms with Gasteiger partial charge in [0.05, 0.1) is 21.7 Å². The first-order valence-electron chi connectivity index (χ1n) is 19.9. The molecule has 8 N–H and O–H groups in total. The quantitative estimate of drug-likeness (QED) is 0.0858. The zero-order valence-electron chi connectivity index (χ0n) is 34.1. The number of nitrogens with one attached hydrogen (secondary N) is 4. The fourth-order valence-corrected chi connectivity index (χ4v) is 10.0. The second kappa shape index (κ2) is 13.7. The van der Waals surface area contributed by atoms with Crippen molar-refractivity contribution >= 4 is 7.75 Å². The SMILES string of the molecule is C=C1/C=C\C=C(/C)OP(N)(=O)Oc2cccc(c2)[C@@]2(C)c3ccc([nH]3)[C@]1(C)c1ccc([nH]1)[C@@](C)(c1cccc(O)c1)c1ccc([nH]1)[C@@](C)(c1cccc(O)c1)c1ccc2[nH]1. The van der Waals surface area contributed by atoms with E-state index in [1.807, 2.05) is 48.5 Å². The third kappa shape index (κ3) is 6.01. The van der Waals surface area contributed by atoms with Gasteiger partial charge in [-0.3, -0.25) is 0 Å². The van der Waals surface area contributed by atoms with Crippen LogP contribution in [0.25, 0.3) is 0 Å². The van der Waals surface area contributed by atoms with Gasteiger partial charge in [0.2, 0.25) is 0 Å². The van der Waals surface area contributed by atoms with Crippen molar-refractivity contribution in [2.75, 3.05) is 0 Å². The summed E-state index contributed by atoms with van der Waals surface area (Å²) in [5.74, 6) is 0.897. The molecule has 0 aliphatic carbocycles. The van der Waals surface area contributed by atoms with E-state index >= 15 is 0 Å². The molecule has 0 radical (unpaired) electrons. The highest BCUT2D eigenvalue weighted by Gasteiger charge is 2.44. The fourth-order valence-electron chi connectivity index (χ4n) is 9.13. The van der Waals surface area contributed by atoms with Crippen molar-refractivity contribution in [3.05, 3.63) is 220 Å². The highest BCUT2D eigenvalue weighted by atomic mass is 31.2. The molecule has 11 heteroatoms. The average molecular weight is 818 g/mol. The molecule has 9 rings (SSSR count). The van der Waals surface area contributed by atoms with Gasteiger partial charge in [-0.1, -0.05) is 55.1 Å². The van der Waals surface area contributed by atoms with Gasteiger partial charge in [-0.05, 0) is 148 Å². The van der Waals surface area contributed by atoms with Gasteiger partial charge >= 0.3 is 7.75 Å². The molecule has 10 nitrogen and oxygen atoms in total. The minimum Gasteiger partial charge on any atom is -0.508 e. The lowest BCUT2D eigenvalue weighted by Crippen LogP contribution is -2.32. The molecule has 60 heavy (non-hydrogen) atoms. The highest BCUT2D eigenvalue weighted by Crippen LogP contribution is 2.49. The second-order valence-electron chi connectivity index (χ2n) is 16.7. The summed E-state index contributed by atoms with van der Waals surface area (Å²) in [6.07, 6.45) is 5.39. The van der Waals surface area contributed by atoms with Crippen LogP contribution in [0.3, 0.4) is 0 Å². The number of hydrogen-bond acceptors (Lipinski definition) is 5. The van der Waals surface area contributed by atoms with Gasteiger partial charge in [0.1, 0.15) is 23.0 Å². The van der Waals surface area contributed by atoms with Crippen LogP contribution in [0.5, 0.6) is 17.2 Å². The molecule has 0 saturated carbocycles. The minimum absolute atomic E-state index is 0.148. The molecule has 0 spiro atoms. The Balaban J connectivity index is 1.39. The van der Waals surface area contributed by atoms with Crippen molar-refractivity contribution in [1.82, 2.24) is 19.9 Å². The van der Waals surface area contributed by atoms with E-state index in [1.54, 1.807) is 49.4 Å². The molecule has 7 aromatic rings. The van der Waals surface area contributed by atoms with Gasteiger partial charge in [0.15, 0.2) is 0 Å². The summed E-state index contributed by atoms with van der Waals surface area (Å²) in [5, 5.41) is 21.8. The predicted molar refractivity (Wildman–Crippen MR) is 234 cm³/mol. The molecule has 4 aromatic heterocycles. The number of benzene rings is 3. The Morgan fingerprint density at radius 2 is 0.917 bits per heavy atom. The number of rotatable bonds is 2. The van der Waals surface area contributed by atoms with Crippen molar-refractivity contribution in [1.29, 1.82) is 0 Å². The van der Waals surface area contributed by atoms with Crippen LogP contribution in [-0.4, -0.2) is 30.1 Å². The van der Waals surface area contributed by atoms with Crippen molar-refractivity contribution in [3.63, 3.8) is 0 Å². The first-order chi connectivity index (χ1) is 28.5. The van der Waals surface area contributed by atoms with Crippen molar-refractivity contribution in [2.45, 2.75) is 56.3 Å². The molecule has 0 amide bonds. The number of allylic oxidation sites excluding steroid dienone is 5. The molecule has 2 aliphatic rings. The van der Waals surface area contributed by atoms with E-state index in [-0.39, 0.29) is 17.2 Å². The van der Waals surface area contributed by atoms with Crippen LogP contribution in [0, 0.1) is 0 Å². The number of hydrogen-bond donors (Lipinski definition) is 7. The average Bonchev–Trinajstić information content (AvgIpc) is 4.06. The Morgan fingerprint density at radius 1 is 0.550 bits per heavy atom. The predicted octanol–water partition coefficient (Wildman–Crippen LogP) is 10.6. The largest absolute Gasteiger partial charge is 0.509 e. The Bertz CT molecular complexity index is 2930. The monoisotopic (exact) mass is 817 g/mol. The van der Waals surface area contributed by atoms with Crippen LogP contribution in [0.2, 0.25) is 0 Å². The fraction of sp³-hybridized carbons (Fsp3) is 0.184. The molecule has 5 atom stereocenters. The first kappa shape index (κ1) is 38.9. The van der Waals surface area contributed by atoms with Gasteiger partial charge in [-0.2, -0.15) is 0 Å². The van der Waals surface area contributed by atoms with E-state index in [0.29, 0.717) is 5.76 Å². The third-order valence-corrected chi connectivity index (χ3v) is 14.1. The summed E-state index contributed by atoms with van der Waals surface area (Å²) in [4.78, 5) is 15.5. The summed E-state index contributed by atoms with van der Waals surface area (Å²) in [6.45, 7) is 14.9. The van der Waals surface area contributed by atoms with E-state index in [0.717, 1.165) is 67.8 Å². The molecule has 2 aliphatic heterocycles. The van der Waals surface area contributed by atoms with Crippen molar-refractivity contribution < 1.29 is 23.8 Å². The molecular weight excluding hydrogens is 770 g/mol. The number of fused-ring (bicyclic) bond motifs is 11. The molecule has 1 unspecified atom stereocenters. The number of phenolic OH excluding ortho intramolecular Hbond substituents is 2. The van der Waals surface area contributed by atoms with E-state index in [4.69, 9.17) is 14.6 Å². The number of nitrogens with two attached hydrogens (primary N) is 1. The summed E-state index contributed by atoms with van der Waals surface area (Å²) < 4.78 is 25.2. The summed E-state index contributed by atoms with van der Waals surface area (Å²) in [5.41, 5.74) is 13.1. The van der Waals surface area contributed by atoms with Gasteiger partial charge in [-0.25, -0.2) is 10.1 Å². The van der Waals surface area contributed by atoms with Crippen molar-refractivity contribution in [3.8, 4) is 17.2 Å². The van der Waals surface area contributed by atoms with Crippen molar-refractivity contribution in [2.24, 2.45) is 5.50 Å². The highest BCUT2D eigenvalue weighted by molar-refractivity contribution is 7.51. The topological polar surface area (TPSA) is 165 Å². The minimum atomic E-state index is -4.10. The van der Waals surface area contributed by atoms with Crippen LogP contribution < -0.4 is 10.0 Å². The van der Waals surface area contributed by atoms with E-state index in [2.05, 4.69) is 103 Å². The molecular formula is C49H48N5O5P. The standard InChI is InChI=1S/C49H48N5O5P/c1-30-11-7-12-31(2)58-60(50,57)59-37-18-10-15-34(29-37)49(6)44-22-20-39(52-44)46(30,3)38-19-21-40(51-38)47(4,32-13-8-16-35(55)27-32)41-23-24-42(53-41)48(5,43-25-26-45(49)54-43)33-14-9-17-36(56)28-33/h7-29,51-56H,1H2,2-6H3,(H2,50,57)/b11-7-,31-12+/t46-,47+,48+,49-,60?/m0/s1. The number of aromatic hydroxyl groups is 2. The lowest BCUT2D eigenvalue weighted by Gasteiger charge is -2.34. The zero-order chi connectivity index (χ0) is 42.2. The second-order valence-corrected chi connectivity index (χ2v) is 18.1. The van der Waals surface area contributed by atoms with Crippen LogP contribution in [-0.2, 0) is 30.7 Å². The maximum atomic E-state index is 13.6. The van der Waals surface area contributed by atoms with Crippen LogP contribution in [0.4, 0.5) is 0 Å². The van der Waals surface area contributed by atoms with Gasteiger partial charge < -0.3 is 39.2 Å². The van der Waals surface area contributed by atoms with Crippen LogP contribution in [0.1, 0.15) is 96.9 Å². The number of phenols is 2. The summed E-state index contributed by atoms with van der Waals surface area (Å²) >= 11 is 0. The van der Waals surface area contributed by atoms with Crippen LogP contribution in [0.15, 0.2) is 157 Å². The number of aromatic amines is 4. The molecule has 304 valence electrons.